The molecule has 2 atom stereocenters. The first-order chi connectivity index (χ1) is 8.38. The van der Waals surface area contributed by atoms with Crippen molar-refractivity contribution in [1.29, 1.82) is 0 Å². The van der Waals surface area contributed by atoms with Gasteiger partial charge in [0.2, 0.25) is 0 Å². The van der Waals surface area contributed by atoms with Gasteiger partial charge >= 0.3 is 5.97 Å². The normalized spacial score (nSPS) is 14.3. The Morgan fingerprint density at radius 1 is 1.44 bits per heavy atom. The number of carbonyl (C=O) groups is 1. The summed E-state index contributed by atoms with van der Waals surface area (Å²) in [7, 11) is 5.23. The van der Waals surface area contributed by atoms with Crippen LogP contribution < -0.4 is 10.5 Å². The van der Waals surface area contributed by atoms with Crippen LogP contribution in [-0.2, 0) is 4.79 Å². The minimum atomic E-state index is -1.01. The molecule has 3 N–H and O–H groups in total. The van der Waals surface area contributed by atoms with Gasteiger partial charge in [0.15, 0.2) is 0 Å². The highest BCUT2D eigenvalue weighted by molar-refractivity contribution is 5.74. The molecule has 0 aliphatic heterocycles. The summed E-state index contributed by atoms with van der Waals surface area (Å²) in [5.41, 5.74) is 7.57. The van der Waals surface area contributed by atoms with Crippen LogP contribution in [0.2, 0.25) is 0 Å². The van der Waals surface area contributed by atoms with Crippen LogP contribution in [0.15, 0.2) is 18.2 Å². The molecule has 18 heavy (non-hydrogen) atoms. The number of methoxy groups -OCH3 is 1. The first kappa shape index (κ1) is 14.5. The Balaban J connectivity index is 3.14. The minimum absolute atomic E-state index is 0.368. The van der Waals surface area contributed by atoms with Crippen LogP contribution in [0, 0.1) is 6.92 Å². The van der Waals surface area contributed by atoms with Crippen molar-refractivity contribution in [1.82, 2.24) is 4.90 Å². The standard InChI is InChI=1S/C13H20N2O3/c1-8-7-9(5-6-10(8)18-4)12(15(2)3)11(14)13(16)17/h5-7,11-12H,14H2,1-4H3,(H,16,17). The van der Waals surface area contributed by atoms with E-state index in [9.17, 15) is 4.79 Å². The molecule has 0 spiro atoms. The number of carboxylic acids is 1. The number of ether oxygens (including phenoxy) is 1. The van der Waals surface area contributed by atoms with Gasteiger partial charge in [-0.05, 0) is 38.2 Å². The Bertz CT molecular complexity index is 432. The van der Waals surface area contributed by atoms with E-state index in [0.29, 0.717) is 0 Å². The zero-order valence-corrected chi connectivity index (χ0v) is 11.2. The molecule has 5 nitrogen and oxygen atoms in total. The van der Waals surface area contributed by atoms with E-state index in [0.717, 1.165) is 16.9 Å². The second kappa shape index (κ2) is 5.84. The summed E-state index contributed by atoms with van der Waals surface area (Å²) < 4.78 is 5.19. The monoisotopic (exact) mass is 252 g/mol. The molecule has 0 aliphatic carbocycles. The molecule has 0 aliphatic rings. The van der Waals surface area contributed by atoms with E-state index >= 15 is 0 Å². The maximum absolute atomic E-state index is 11.1. The predicted molar refractivity (Wildman–Crippen MR) is 69.8 cm³/mol. The number of carboxylic acid groups (broad SMARTS) is 1. The number of likely N-dealkylation sites (N-methyl/N-ethyl adjacent to an activating group) is 1. The van der Waals surface area contributed by atoms with Gasteiger partial charge in [0.05, 0.1) is 13.2 Å². The van der Waals surface area contributed by atoms with Crippen LogP contribution in [0.25, 0.3) is 0 Å². The van der Waals surface area contributed by atoms with Crippen LogP contribution >= 0.6 is 0 Å². The molecule has 100 valence electrons. The average Bonchev–Trinajstić information content (AvgIpc) is 2.28. The van der Waals surface area contributed by atoms with Crippen molar-refractivity contribution in [3.63, 3.8) is 0 Å². The van der Waals surface area contributed by atoms with Crippen LogP contribution in [0.4, 0.5) is 0 Å². The second-order valence-electron chi connectivity index (χ2n) is 4.50. The van der Waals surface area contributed by atoms with E-state index in [2.05, 4.69) is 0 Å². The van der Waals surface area contributed by atoms with E-state index < -0.39 is 12.0 Å². The number of hydrogen-bond donors (Lipinski definition) is 2. The fourth-order valence-corrected chi connectivity index (χ4v) is 2.05. The van der Waals surface area contributed by atoms with Crippen molar-refractivity contribution in [3.05, 3.63) is 29.3 Å². The van der Waals surface area contributed by atoms with Gasteiger partial charge in [-0.2, -0.15) is 0 Å². The molecule has 0 saturated heterocycles. The molecule has 1 aromatic carbocycles. The molecular formula is C13H20N2O3. The van der Waals surface area contributed by atoms with E-state index in [4.69, 9.17) is 15.6 Å². The number of rotatable bonds is 5. The van der Waals surface area contributed by atoms with Crippen molar-refractivity contribution in [3.8, 4) is 5.75 Å². The van der Waals surface area contributed by atoms with Crippen LogP contribution in [0.5, 0.6) is 5.75 Å². The molecule has 2 unspecified atom stereocenters. The third-order valence-corrected chi connectivity index (χ3v) is 2.94. The third-order valence-electron chi connectivity index (χ3n) is 2.94. The van der Waals surface area contributed by atoms with E-state index in [1.54, 1.807) is 12.0 Å². The zero-order chi connectivity index (χ0) is 13.9. The summed E-state index contributed by atoms with van der Waals surface area (Å²) in [6.07, 6.45) is 0. The highest BCUT2D eigenvalue weighted by atomic mass is 16.5. The van der Waals surface area contributed by atoms with Gasteiger partial charge in [-0.15, -0.1) is 0 Å². The lowest BCUT2D eigenvalue weighted by Gasteiger charge is -2.28. The highest BCUT2D eigenvalue weighted by Gasteiger charge is 2.27. The largest absolute Gasteiger partial charge is 0.496 e. The van der Waals surface area contributed by atoms with Crippen LogP contribution in [0.1, 0.15) is 17.2 Å². The maximum Gasteiger partial charge on any atom is 0.322 e. The lowest BCUT2D eigenvalue weighted by Crippen LogP contribution is -2.43. The Kier molecular flexibility index (Phi) is 4.69. The third kappa shape index (κ3) is 3.00. The van der Waals surface area contributed by atoms with Gasteiger partial charge in [-0.25, -0.2) is 0 Å². The molecule has 0 fully saturated rings. The average molecular weight is 252 g/mol. The van der Waals surface area contributed by atoms with Gasteiger partial charge in [0.1, 0.15) is 11.8 Å². The quantitative estimate of drug-likeness (QED) is 0.818. The second-order valence-corrected chi connectivity index (χ2v) is 4.50. The Hall–Kier alpha value is -1.59. The molecule has 1 rings (SSSR count). The number of benzene rings is 1. The predicted octanol–water partition coefficient (Wildman–Crippen LogP) is 1.02. The van der Waals surface area contributed by atoms with Gasteiger partial charge in [-0.1, -0.05) is 12.1 Å². The van der Waals surface area contributed by atoms with Crippen LogP contribution in [0.3, 0.4) is 0 Å². The van der Waals surface area contributed by atoms with Crippen molar-refractivity contribution in [2.45, 2.75) is 19.0 Å². The highest BCUT2D eigenvalue weighted by Crippen LogP contribution is 2.26. The lowest BCUT2D eigenvalue weighted by molar-refractivity contribution is -0.140. The first-order valence-corrected chi connectivity index (χ1v) is 5.67. The number of nitrogens with zero attached hydrogens (tertiary/aromatic N) is 1. The maximum atomic E-state index is 11.1. The summed E-state index contributed by atoms with van der Waals surface area (Å²) >= 11 is 0. The Morgan fingerprint density at radius 3 is 2.44 bits per heavy atom. The molecule has 0 heterocycles. The fraction of sp³-hybridized carbons (Fsp3) is 0.462. The summed E-state index contributed by atoms with van der Waals surface area (Å²) in [6.45, 7) is 1.92. The van der Waals surface area contributed by atoms with E-state index in [-0.39, 0.29) is 6.04 Å². The molecule has 0 saturated carbocycles. The summed E-state index contributed by atoms with van der Waals surface area (Å²) in [5.74, 6) is -0.234. The number of nitrogens with two attached hydrogens (primary N) is 1. The van der Waals surface area contributed by atoms with Crippen molar-refractivity contribution >= 4 is 5.97 Å². The number of aryl methyl sites for hydroxylation is 1. The molecular weight excluding hydrogens is 232 g/mol. The van der Waals surface area contributed by atoms with Crippen molar-refractivity contribution in [2.75, 3.05) is 21.2 Å². The van der Waals surface area contributed by atoms with E-state index in [1.165, 1.54) is 0 Å². The molecule has 0 bridgehead atoms. The lowest BCUT2D eigenvalue weighted by atomic mass is 9.97. The Morgan fingerprint density at radius 2 is 2.06 bits per heavy atom. The summed E-state index contributed by atoms with van der Waals surface area (Å²) in [5, 5.41) is 9.06. The first-order valence-electron chi connectivity index (χ1n) is 5.67. The Labute approximate surface area is 107 Å². The van der Waals surface area contributed by atoms with Gasteiger partial charge in [-0.3, -0.25) is 4.79 Å². The molecule has 0 radical (unpaired) electrons. The summed E-state index contributed by atoms with van der Waals surface area (Å²) in [6, 6.07) is 4.25. The zero-order valence-electron chi connectivity index (χ0n) is 11.2. The van der Waals surface area contributed by atoms with E-state index in [1.807, 2.05) is 39.2 Å². The SMILES string of the molecule is COc1ccc(C(C(N)C(=O)O)N(C)C)cc1C. The fourth-order valence-electron chi connectivity index (χ4n) is 2.05. The van der Waals surface area contributed by atoms with Crippen molar-refractivity contribution < 1.29 is 14.6 Å². The van der Waals surface area contributed by atoms with Gasteiger partial charge in [0.25, 0.3) is 0 Å². The number of aliphatic carboxylic acids is 1. The molecule has 0 aromatic heterocycles. The topological polar surface area (TPSA) is 75.8 Å². The molecule has 5 heteroatoms. The van der Waals surface area contributed by atoms with Crippen LogP contribution in [-0.4, -0.2) is 43.2 Å². The summed E-state index contributed by atoms with van der Waals surface area (Å²) in [4.78, 5) is 12.9. The molecule has 1 aromatic rings. The van der Waals surface area contributed by atoms with Gasteiger partial charge in [0, 0.05) is 0 Å². The van der Waals surface area contributed by atoms with Gasteiger partial charge < -0.3 is 20.5 Å². The van der Waals surface area contributed by atoms with Crippen molar-refractivity contribution in [2.24, 2.45) is 5.73 Å². The number of hydrogen-bond acceptors (Lipinski definition) is 4. The molecule has 0 amide bonds. The minimum Gasteiger partial charge on any atom is -0.496 e. The smallest absolute Gasteiger partial charge is 0.322 e.